The third-order valence-corrected chi connectivity index (χ3v) is 6.66. The fourth-order valence-corrected chi connectivity index (χ4v) is 4.88. The number of hydrogen-bond donors (Lipinski definition) is 2. The lowest BCUT2D eigenvalue weighted by atomic mass is 9.79. The summed E-state index contributed by atoms with van der Waals surface area (Å²) in [5, 5.41) is 12.3. The molecule has 2 aromatic carbocycles. The van der Waals surface area contributed by atoms with Crippen LogP contribution in [0.25, 0.3) is 0 Å². The Kier molecular flexibility index (Phi) is 6.49. The third-order valence-electron chi connectivity index (χ3n) is 6.43. The zero-order chi connectivity index (χ0) is 21.8. The quantitative estimate of drug-likeness (QED) is 0.563. The number of hydrogen-bond acceptors (Lipinski definition) is 3. The van der Waals surface area contributed by atoms with Gasteiger partial charge in [-0.05, 0) is 36.6 Å². The van der Waals surface area contributed by atoms with Crippen LogP contribution in [0.15, 0.2) is 59.6 Å². The molecule has 0 aromatic heterocycles. The van der Waals surface area contributed by atoms with Gasteiger partial charge in [0.1, 0.15) is 0 Å². The molecule has 7 heteroatoms. The summed E-state index contributed by atoms with van der Waals surface area (Å²) >= 11 is 6.02. The summed E-state index contributed by atoms with van der Waals surface area (Å²) in [5.41, 5.74) is 6.13. The lowest BCUT2D eigenvalue weighted by Gasteiger charge is -2.41. The number of carbonyl (C=O) groups is 1. The molecule has 164 valence electrons. The molecule has 0 spiro atoms. The minimum atomic E-state index is -1.47. The largest absolute Gasteiger partial charge is 0.375 e. The molecular weight excluding hydrogens is 412 g/mol. The first kappa shape index (κ1) is 21.7. The van der Waals surface area contributed by atoms with E-state index in [-0.39, 0.29) is 11.8 Å². The van der Waals surface area contributed by atoms with Crippen LogP contribution in [-0.4, -0.2) is 53.0 Å². The fraction of sp³-hybridized carbons (Fsp3) is 0.417. The molecule has 1 heterocycles. The Labute approximate surface area is 188 Å². The molecule has 0 bridgehead atoms. The number of benzene rings is 2. The van der Waals surface area contributed by atoms with Crippen LogP contribution in [0.3, 0.4) is 0 Å². The average Bonchev–Trinajstić information content (AvgIpc) is 3.34. The molecule has 31 heavy (non-hydrogen) atoms. The number of halogens is 1. The molecule has 2 aliphatic rings. The van der Waals surface area contributed by atoms with Gasteiger partial charge in [0.15, 0.2) is 11.6 Å². The summed E-state index contributed by atoms with van der Waals surface area (Å²) in [5.74, 6) is 0.161. The van der Waals surface area contributed by atoms with Crippen molar-refractivity contribution in [2.75, 3.05) is 26.2 Å². The van der Waals surface area contributed by atoms with Crippen LogP contribution in [0.1, 0.15) is 31.2 Å². The van der Waals surface area contributed by atoms with Crippen LogP contribution >= 0.6 is 11.6 Å². The van der Waals surface area contributed by atoms with E-state index >= 15 is 0 Å². The smallest absolute Gasteiger partial charge is 0.259 e. The van der Waals surface area contributed by atoms with Crippen molar-refractivity contribution in [2.24, 2.45) is 16.6 Å². The molecule has 1 atom stereocenters. The predicted molar refractivity (Wildman–Crippen MR) is 123 cm³/mol. The number of amides is 1. The Morgan fingerprint density at radius 3 is 2.29 bits per heavy atom. The van der Waals surface area contributed by atoms with E-state index < -0.39 is 5.60 Å². The first-order valence-electron chi connectivity index (χ1n) is 10.9. The number of rotatable bonds is 4. The van der Waals surface area contributed by atoms with Crippen molar-refractivity contribution in [1.82, 2.24) is 9.80 Å². The van der Waals surface area contributed by atoms with Gasteiger partial charge in [0.25, 0.3) is 5.91 Å². The molecule has 0 radical (unpaired) electrons. The average molecular weight is 441 g/mol. The second-order valence-corrected chi connectivity index (χ2v) is 8.78. The Hall–Kier alpha value is -2.57. The molecule has 1 saturated heterocycles. The van der Waals surface area contributed by atoms with Gasteiger partial charge in [-0.2, -0.15) is 0 Å². The third kappa shape index (κ3) is 4.55. The molecule has 1 saturated carbocycles. The highest BCUT2D eigenvalue weighted by Gasteiger charge is 2.48. The number of piperazine rings is 1. The first-order chi connectivity index (χ1) is 15.0. The molecule has 1 unspecified atom stereocenters. The highest BCUT2D eigenvalue weighted by molar-refractivity contribution is 6.30. The number of aliphatic imine (C=N–C) groups is 1. The second kappa shape index (κ2) is 9.28. The van der Waals surface area contributed by atoms with Crippen molar-refractivity contribution < 1.29 is 9.90 Å². The van der Waals surface area contributed by atoms with E-state index in [4.69, 9.17) is 17.3 Å². The van der Waals surface area contributed by atoms with E-state index in [1.165, 1.54) is 0 Å². The standard InChI is InChI=1S/C24H29ClN4O2/c25-20-11-6-12-21(17-20)27-23(26)29-15-13-28(14-16-29)22(30)24(31,19-9-4-5-10-19)18-7-2-1-3-8-18/h1-3,6-8,11-12,17,19,31H,4-5,9-10,13-16H2,(H2,26,27). The van der Waals surface area contributed by atoms with Crippen LogP contribution in [0.2, 0.25) is 5.02 Å². The molecule has 6 nitrogen and oxygen atoms in total. The summed E-state index contributed by atoms with van der Waals surface area (Å²) in [6.07, 6.45) is 3.85. The van der Waals surface area contributed by atoms with Gasteiger partial charge in [-0.1, -0.05) is 60.8 Å². The van der Waals surface area contributed by atoms with Crippen molar-refractivity contribution in [3.8, 4) is 0 Å². The van der Waals surface area contributed by atoms with E-state index in [9.17, 15) is 9.90 Å². The van der Waals surface area contributed by atoms with Crippen molar-refractivity contribution in [3.63, 3.8) is 0 Å². The molecule has 1 amide bonds. The SMILES string of the molecule is NC(=Nc1cccc(Cl)c1)N1CCN(C(=O)C(O)(c2ccccc2)C2CCCC2)CC1. The van der Waals surface area contributed by atoms with Gasteiger partial charge in [-0.25, -0.2) is 4.99 Å². The van der Waals surface area contributed by atoms with Gasteiger partial charge >= 0.3 is 0 Å². The molecule has 3 N–H and O–H groups in total. The van der Waals surface area contributed by atoms with E-state index in [2.05, 4.69) is 4.99 Å². The number of aliphatic hydroxyl groups is 1. The number of guanidine groups is 1. The summed E-state index contributed by atoms with van der Waals surface area (Å²) in [4.78, 5) is 21.8. The van der Waals surface area contributed by atoms with Gasteiger partial charge in [0.2, 0.25) is 0 Å². The van der Waals surface area contributed by atoms with Gasteiger partial charge in [-0.15, -0.1) is 0 Å². The predicted octanol–water partition coefficient (Wildman–Crippen LogP) is 3.51. The number of carbonyl (C=O) groups excluding carboxylic acids is 1. The van der Waals surface area contributed by atoms with E-state index in [1.54, 1.807) is 17.0 Å². The van der Waals surface area contributed by atoms with E-state index in [0.717, 1.165) is 25.7 Å². The van der Waals surface area contributed by atoms with Crippen LogP contribution in [-0.2, 0) is 10.4 Å². The maximum Gasteiger partial charge on any atom is 0.259 e. The maximum absolute atomic E-state index is 13.6. The molecule has 1 aliphatic carbocycles. The summed E-state index contributed by atoms with van der Waals surface area (Å²) in [7, 11) is 0. The van der Waals surface area contributed by atoms with E-state index in [1.807, 2.05) is 47.4 Å². The second-order valence-electron chi connectivity index (χ2n) is 8.34. The minimum absolute atomic E-state index is 0.0464. The molecule has 4 rings (SSSR count). The molecule has 2 fully saturated rings. The zero-order valence-corrected chi connectivity index (χ0v) is 18.3. The lowest BCUT2D eigenvalue weighted by molar-refractivity contribution is -0.160. The Morgan fingerprint density at radius 1 is 1.00 bits per heavy atom. The Morgan fingerprint density at radius 2 is 1.65 bits per heavy atom. The van der Waals surface area contributed by atoms with Gasteiger partial charge in [-0.3, -0.25) is 4.79 Å². The van der Waals surface area contributed by atoms with E-state index in [0.29, 0.717) is 48.4 Å². The molecule has 2 aromatic rings. The topological polar surface area (TPSA) is 82.2 Å². The highest BCUT2D eigenvalue weighted by Crippen LogP contribution is 2.42. The first-order valence-corrected chi connectivity index (χ1v) is 11.3. The number of nitrogens with two attached hydrogens (primary N) is 1. The normalized spacial score (nSPS) is 20.0. The van der Waals surface area contributed by atoms with Crippen molar-refractivity contribution in [1.29, 1.82) is 0 Å². The van der Waals surface area contributed by atoms with Crippen molar-refractivity contribution in [3.05, 3.63) is 65.2 Å². The summed E-state index contributed by atoms with van der Waals surface area (Å²) in [6, 6.07) is 16.6. The molecular formula is C24H29ClN4O2. The fourth-order valence-electron chi connectivity index (χ4n) is 4.70. The van der Waals surface area contributed by atoms with Gasteiger partial charge in [0.05, 0.1) is 5.69 Å². The summed E-state index contributed by atoms with van der Waals surface area (Å²) in [6.45, 7) is 2.12. The Balaban J connectivity index is 1.47. The Bertz CT molecular complexity index is 938. The van der Waals surface area contributed by atoms with Crippen LogP contribution < -0.4 is 5.73 Å². The zero-order valence-electron chi connectivity index (χ0n) is 17.6. The van der Waals surface area contributed by atoms with Crippen molar-refractivity contribution in [2.45, 2.75) is 31.3 Å². The lowest BCUT2D eigenvalue weighted by Crippen LogP contribution is -2.58. The highest BCUT2D eigenvalue weighted by atomic mass is 35.5. The van der Waals surface area contributed by atoms with Gasteiger partial charge in [0, 0.05) is 37.1 Å². The van der Waals surface area contributed by atoms with Crippen molar-refractivity contribution >= 4 is 29.2 Å². The minimum Gasteiger partial charge on any atom is -0.375 e. The van der Waals surface area contributed by atoms with Crippen LogP contribution in [0, 0.1) is 5.92 Å². The van der Waals surface area contributed by atoms with Crippen LogP contribution in [0.4, 0.5) is 5.69 Å². The monoisotopic (exact) mass is 440 g/mol. The van der Waals surface area contributed by atoms with Crippen LogP contribution in [0.5, 0.6) is 0 Å². The molecule has 1 aliphatic heterocycles. The summed E-state index contributed by atoms with van der Waals surface area (Å²) < 4.78 is 0. The number of nitrogens with zero attached hydrogens (tertiary/aromatic N) is 3. The maximum atomic E-state index is 13.6. The van der Waals surface area contributed by atoms with Gasteiger partial charge < -0.3 is 20.6 Å².